The maximum absolute atomic E-state index is 12.6. The van der Waals surface area contributed by atoms with Crippen molar-refractivity contribution < 1.29 is 37.3 Å². The molecule has 2 aromatic carbocycles. The monoisotopic (exact) mass is 465 g/mol. The fraction of sp³-hybridized carbons (Fsp3) is 0.333. The molecule has 0 aromatic heterocycles. The number of ether oxygens (including phenoxy) is 3. The minimum atomic E-state index is -4.77. The molecular weight excluding hydrogens is 439 g/mol. The summed E-state index contributed by atoms with van der Waals surface area (Å²) >= 11 is 0. The lowest BCUT2D eigenvalue weighted by molar-refractivity contribution is -0.275. The first-order valence-corrected chi connectivity index (χ1v) is 10.1. The molecular formula is C24H26F3NO5. The molecule has 0 bridgehead atoms. The van der Waals surface area contributed by atoms with E-state index in [9.17, 15) is 23.1 Å². The lowest BCUT2D eigenvalue weighted by Gasteiger charge is -2.17. The van der Waals surface area contributed by atoms with Gasteiger partial charge in [-0.2, -0.15) is 0 Å². The molecule has 0 aliphatic heterocycles. The van der Waals surface area contributed by atoms with Crippen LogP contribution in [0.2, 0.25) is 0 Å². The molecule has 6 nitrogen and oxygen atoms in total. The van der Waals surface area contributed by atoms with Crippen LogP contribution in [0.5, 0.6) is 11.5 Å². The van der Waals surface area contributed by atoms with Crippen LogP contribution >= 0.6 is 0 Å². The van der Waals surface area contributed by atoms with Crippen LogP contribution in [-0.4, -0.2) is 30.3 Å². The lowest BCUT2D eigenvalue weighted by atomic mass is 9.91. The minimum absolute atomic E-state index is 0.0929. The standard InChI is InChI=1S/C24H26F3NO5/c1-15(2)19-12-16(4-9-22(19)33-24(25,26)27)14-32-18-7-5-17(6-8-18)20(13-23(29)30)21(28)10-11-31-3/h4-12,15,20,28H,13-14H2,1-3H3,(H,29,30)/b11-10-,28-21?/t20-/m0/s1. The second-order valence-electron chi connectivity index (χ2n) is 7.58. The molecule has 2 N–H and O–H groups in total. The molecule has 0 aliphatic rings. The van der Waals surface area contributed by atoms with Gasteiger partial charge in [0.15, 0.2) is 0 Å². The van der Waals surface area contributed by atoms with Crippen molar-refractivity contribution in [2.45, 2.75) is 45.1 Å². The summed E-state index contributed by atoms with van der Waals surface area (Å²) in [6, 6.07) is 11.1. The Hall–Kier alpha value is -3.49. The molecule has 178 valence electrons. The molecule has 0 saturated carbocycles. The number of hydrogen-bond acceptors (Lipinski definition) is 5. The van der Waals surface area contributed by atoms with Gasteiger partial charge in [0.2, 0.25) is 0 Å². The van der Waals surface area contributed by atoms with Crippen LogP contribution in [-0.2, 0) is 16.1 Å². The SMILES string of the molecule is CO/C=C\C(=N)[C@@H](CC(=O)O)c1ccc(OCc2ccc(OC(F)(F)F)c(C(C)C)c2)cc1. The van der Waals surface area contributed by atoms with Crippen molar-refractivity contribution in [3.8, 4) is 11.5 Å². The Morgan fingerprint density at radius 1 is 1.15 bits per heavy atom. The van der Waals surface area contributed by atoms with Gasteiger partial charge in [0, 0.05) is 11.6 Å². The molecule has 2 aromatic rings. The van der Waals surface area contributed by atoms with Crippen LogP contribution in [0.4, 0.5) is 13.2 Å². The van der Waals surface area contributed by atoms with E-state index in [0.29, 0.717) is 22.4 Å². The summed E-state index contributed by atoms with van der Waals surface area (Å²) in [5, 5.41) is 17.3. The zero-order chi connectivity index (χ0) is 24.6. The predicted molar refractivity (Wildman–Crippen MR) is 117 cm³/mol. The van der Waals surface area contributed by atoms with Gasteiger partial charge in [-0.25, -0.2) is 0 Å². The number of nitrogens with one attached hydrogen (secondary N) is 1. The second-order valence-corrected chi connectivity index (χ2v) is 7.58. The topological polar surface area (TPSA) is 88.8 Å². The van der Waals surface area contributed by atoms with E-state index in [0.717, 1.165) is 0 Å². The van der Waals surface area contributed by atoms with E-state index >= 15 is 0 Å². The number of aliphatic carboxylic acids is 1. The second kappa shape index (κ2) is 11.4. The van der Waals surface area contributed by atoms with Crippen LogP contribution in [0.3, 0.4) is 0 Å². The summed E-state index contributed by atoms with van der Waals surface area (Å²) in [5.74, 6) is -1.61. The lowest BCUT2D eigenvalue weighted by Crippen LogP contribution is -2.18. The highest BCUT2D eigenvalue weighted by molar-refractivity contribution is 5.99. The molecule has 0 radical (unpaired) electrons. The van der Waals surface area contributed by atoms with Crippen LogP contribution in [0.25, 0.3) is 0 Å². The van der Waals surface area contributed by atoms with E-state index < -0.39 is 18.2 Å². The number of rotatable bonds is 11. The smallest absolute Gasteiger partial charge is 0.504 e. The number of carboxylic acids is 1. The van der Waals surface area contributed by atoms with Crippen molar-refractivity contribution >= 4 is 11.7 Å². The van der Waals surface area contributed by atoms with Crippen molar-refractivity contribution in [1.29, 1.82) is 5.41 Å². The molecule has 0 spiro atoms. The third-order valence-corrected chi connectivity index (χ3v) is 4.75. The first-order valence-electron chi connectivity index (χ1n) is 10.1. The number of hydrogen-bond donors (Lipinski definition) is 2. The Bertz CT molecular complexity index is 985. The van der Waals surface area contributed by atoms with Crippen LogP contribution in [0.1, 0.15) is 48.8 Å². The maximum atomic E-state index is 12.6. The van der Waals surface area contributed by atoms with Gasteiger partial charge in [-0.15, -0.1) is 13.2 Å². The van der Waals surface area contributed by atoms with E-state index in [1.54, 1.807) is 44.2 Å². The first-order chi connectivity index (χ1) is 15.5. The number of carboxylic acid groups (broad SMARTS) is 1. The van der Waals surface area contributed by atoms with Crippen LogP contribution in [0, 0.1) is 5.41 Å². The van der Waals surface area contributed by atoms with Gasteiger partial charge in [0.1, 0.15) is 18.1 Å². The molecule has 0 heterocycles. The van der Waals surface area contributed by atoms with Crippen molar-refractivity contribution in [3.05, 3.63) is 71.5 Å². The van der Waals surface area contributed by atoms with Gasteiger partial charge in [0.25, 0.3) is 0 Å². The number of carbonyl (C=O) groups is 1. The van der Waals surface area contributed by atoms with E-state index in [1.165, 1.54) is 31.6 Å². The van der Waals surface area contributed by atoms with Crippen molar-refractivity contribution in [2.75, 3.05) is 7.11 Å². The summed E-state index contributed by atoms with van der Waals surface area (Å²) in [7, 11) is 1.43. The molecule has 2 rings (SSSR count). The third-order valence-electron chi connectivity index (χ3n) is 4.75. The zero-order valence-corrected chi connectivity index (χ0v) is 18.5. The fourth-order valence-electron chi connectivity index (χ4n) is 3.16. The Balaban J connectivity index is 2.13. The Labute approximate surface area is 190 Å². The first kappa shape index (κ1) is 25.8. The minimum Gasteiger partial charge on any atom is -0.504 e. The highest BCUT2D eigenvalue weighted by atomic mass is 19.4. The molecule has 0 aliphatic carbocycles. The molecule has 0 unspecified atom stereocenters. The molecule has 9 heteroatoms. The highest BCUT2D eigenvalue weighted by Crippen LogP contribution is 2.32. The quantitative estimate of drug-likeness (QED) is 0.313. The van der Waals surface area contributed by atoms with Gasteiger partial charge in [-0.05, 0) is 52.9 Å². The van der Waals surface area contributed by atoms with Gasteiger partial charge in [-0.1, -0.05) is 32.0 Å². The summed E-state index contributed by atoms with van der Waals surface area (Å²) in [6.45, 7) is 3.67. The van der Waals surface area contributed by atoms with Gasteiger partial charge < -0.3 is 24.7 Å². The van der Waals surface area contributed by atoms with E-state index in [-0.39, 0.29) is 30.4 Å². The van der Waals surface area contributed by atoms with E-state index in [2.05, 4.69) is 4.74 Å². The van der Waals surface area contributed by atoms with Crippen molar-refractivity contribution in [3.63, 3.8) is 0 Å². The number of allylic oxidation sites excluding steroid dienone is 1. The predicted octanol–water partition coefficient (Wildman–Crippen LogP) is 6.03. The van der Waals surface area contributed by atoms with Crippen molar-refractivity contribution in [2.24, 2.45) is 0 Å². The maximum Gasteiger partial charge on any atom is 0.573 e. The highest BCUT2D eigenvalue weighted by Gasteiger charge is 2.32. The summed E-state index contributed by atoms with van der Waals surface area (Å²) in [4.78, 5) is 11.2. The molecule has 0 fully saturated rings. The third kappa shape index (κ3) is 8.17. The van der Waals surface area contributed by atoms with Gasteiger partial charge in [0.05, 0.1) is 19.8 Å². The number of halogens is 3. The van der Waals surface area contributed by atoms with Gasteiger partial charge >= 0.3 is 12.3 Å². The van der Waals surface area contributed by atoms with Crippen molar-refractivity contribution in [1.82, 2.24) is 0 Å². The van der Waals surface area contributed by atoms with Gasteiger partial charge in [-0.3, -0.25) is 4.79 Å². The number of benzene rings is 2. The Kier molecular flexibility index (Phi) is 8.90. The largest absolute Gasteiger partial charge is 0.573 e. The van der Waals surface area contributed by atoms with E-state index in [4.69, 9.17) is 14.9 Å². The normalized spacial score (nSPS) is 12.6. The summed E-state index contributed by atoms with van der Waals surface area (Å²) < 4.78 is 52.5. The molecule has 0 amide bonds. The molecule has 1 atom stereocenters. The number of methoxy groups -OCH3 is 1. The average molecular weight is 465 g/mol. The Morgan fingerprint density at radius 3 is 2.36 bits per heavy atom. The fourth-order valence-corrected chi connectivity index (χ4v) is 3.16. The summed E-state index contributed by atoms with van der Waals surface area (Å²) in [5.41, 5.74) is 1.82. The molecule has 0 saturated heterocycles. The average Bonchev–Trinajstić information content (AvgIpc) is 2.74. The Morgan fingerprint density at radius 2 is 1.82 bits per heavy atom. The summed E-state index contributed by atoms with van der Waals surface area (Å²) in [6.07, 6.45) is -2.31. The zero-order valence-electron chi connectivity index (χ0n) is 18.5. The number of alkyl halides is 3. The molecule has 33 heavy (non-hydrogen) atoms. The van der Waals surface area contributed by atoms with Crippen LogP contribution < -0.4 is 9.47 Å². The van der Waals surface area contributed by atoms with E-state index in [1.807, 2.05) is 0 Å². The van der Waals surface area contributed by atoms with Crippen LogP contribution in [0.15, 0.2) is 54.8 Å².